The number of aromatic nitrogens is 4. The molecule has 0 radical (unpaired) electrons. The lowest BCUT2D eigenvalue weighted by Gasteiger charge is -2.26. The molecule has 8 nitrogen and oxygen atoms in total. The molecule has 0 bridgehead atoms. The summed E-state index contributed by atoms with van der Waals surface area (Å²) >= 11 is 0. The fourth-order valence-electron chi connectivity index (χ4n) is 2.73. The van der Waals surface area contributed by atoms with Gasteiger partial charge in [0.1, 0.15) is 24.9 Å². The van der Waals surface area contributed by atoms with Gasteiger partial charge in [0.05, 0.1) is 37.2 Å². The van der Waals surface area contributed by atoms with E-state index in [-0.39, 0.29) is 6.10 Å². The summed E-state index contributed by atoms with van der Waals surface area (Å²) in [5, 5.41) is 17.1. The normalized spacial score (nSPS) is 15.7. The van der Waals surface area contributed by atoms with Gasteiger partial charge >= 0.3 is 0 Å². The van der Waals surface area contributed by atoms with Gasteiger partial charge in [-0.2, -0.15) is 10.4 Å². The molecule has 0 unspecified atom stereocenters. The molecule has 3 aromatic rings. The van der Waals surface area contributed by atoms with Crippen LogP contribution in [0.1, 0.15) is 6.42 Å². The molecule has 0 amide bonds. The number of benzene rings is 1. The van der Waals surface area contributed by atoms with Crippen LogP contribution in [0, 0.1) is 11.3 Å². The molecule has 1 aromatic carbocycles. The summed E-state index contributed by atoms with van der Waals surface area (Å²) in [5.74, 6) is 2.20. The lowest BCUT2D eigenvalue weighted by molar-refractivity contribution is 0.0997. The first-order valence-electron chi connectivity index (χ1n) is 8.01. The minimum atomic E-state index is -0.117. The zero-order valence-electron chi connectivity index (χ0n) is 13.4. The third-order valence-electron chi connectivity index (χ3n) is 3.93. The van der Waals surface area contributed by atoms with Crippen molar-refractivity contribution in [1.82, 2.24) is 19.7 Å². The van der Waals surface area contributed by atoms with E-state index in [4.69, 9.17) is 14.7 Å². The summed E-state index contributed by atoms with van der Waals surface area (Å²) in [5.41, 5.74) is 0.707. The van der Waals surface area contributed by atoms with Gasteiger partial charge in [0.2, 0.25) is 0 Å². The summed E-state index contributed by atoms with van der Waals surface area (Å²) in [6.45, 7) is 1.52. The molecule has 1 N–H and O–H groups in total. The Morgan fingerprint density at radius 2 is 2.16 bits per heavy atom. The molecule has 1 atom stereocenters. The average molecular weight is 336 g/mol. The van der Waals surface area contributed by atoms with E-state index in [0.717, 1.165) is 16.9 Å². The molecule has 0 spiro atoms. The molecule has 0 aliphatic carbocycles. The molecule has 3 heterocycles. The van der Waals surface area contributed by atoms with Crippen LogP contribution in [0.25, 0.3) is 11.0 Å². The fourth-order valence-corrected chi connectivity index (χ4v) is 2.73. The first kappa shape index (κ1) is 15.2. The van der Waals surface area contributed by atoms with Gasteiger partial charge in [-0.25, -0.2) is 14.6 Å². The van der Waals surface area contributed by atoms with E-state index in [1.807, 2.05) is 24.3 Å². The minimum absolute atomic E-state index is 0.117. The zero-order chi connectivity index (χ0) is 17.1. The van der Waals surface area contributed by atoms with E-state index < -0.39 is 0 Å². The Morgan fingerprint density at radius 3 is 3.04 bits per heavy atom. The van der Waals surface area contributed by atoms with Gasteiger partial charge in [0, 0.05) is 0 Å². The molecule has 1 aliphatic rings. The van der Waals surface area contributed by atoms with Crippen LogP contribution in [0.2, 0.25) is 0 Å². The summed E-state index contributed by atoms with van der Waals surface area (Å²) in [4.78, 5) is 8.56. The highest BCUT2D eigenvalue weighted by Crippen LogP contribution is 2.31. The van der Waals surface area contributed by atoms with E-state index in [0.29, 0.717) is 37.6 Å². The van der Waals surface area contributed by atoms with Crippen molar-refractivity contribution in [1.29, 1.82) is 5.26 Å². The largest absolute Gasteiger partial charge is 0.486 e. The van der Waals surface area contributed by atoms with Crippen LogP contribution in [-0.2, 0) is 6.54 Å². The van der Waals surface area contributed by atoms with Crippen molar-refractivity contribution in [2.75, 3.05) is 18.5 Å². The highest BCUT2D eigenvalue weighted by Gasteiger charge is 2.21. The molecule has 2 aromatic heterocycles. The van der Waals surface area contributed by atoms with Crippen LogP contribution in [0.15, 0.2) is 36.8 Å². The molecule has 25 heavy (non-hydrogen) atoms. The van der Waals surface area contributed by atoms with E-state index in [1.54, 1.807) is 10.9 Å². The molecule has 126 valence electrons. The van der Waals surface area contributed by atoms with Crippen LogP contribution in [0.5, 0.6) is 11.5 Å². The van der Waals surface area contributed by atoms with E-state index in [1.165, 1.54) is 6.33 Å². The number of aryl methyl sites for hydroxylation is 1. The molecule has 8 heteroatoms. The number of fused-ring (bicyclic) bond motifs is 2. The van der Waals surface area contributed by atoms with Crippen molar-refractivity contribution < 1.29 is 9.47 Å². The van der Waals surface area contributed by atoms with E-state index in [2.05, 4.69) is 26.5 Å². The summed E-state index contributed by atoms with van der Waals surface area (Å²) in [6, 6.07) is 9.73. The van der Waals surface area contributed by atoms with Crippen molar-refractivity contribution in [2.45, 2.75) is 19.1 Å². The second-order valence-electron chi connectivity index (χ2n) is 5.61. The Bertz CT molecular complexity index is 932. The smallest absolute Gasteiger partial charge is 0.163 e. The standard InChI is InChI=1S/C17H16N6O2/c18-6-3-7-23-17-13(9-22-23)16(20-11-21-17)19-8-12-10-24-14-4-1-2-5-15(14)25-12/h1-2,4-5,9,11-12H,3,7-8,10H2,(H,19,20,21)/t12-/m1/s1. The predicted octanol–water partition coefficient (Wildman–Crippen LogP) is 1.99. The SMILES string of the molecule is N#CCCn1ncc2c(NC[C@@H]3COc4ccccc4O3)ncnc21. The summed E-state index contributed by atoms with van der Waals surface area (Å²) in [7, 11) is 0. The average Bonchev–Trinajstić information content (AvgIpc) is 3.08. The van der Waals surface area contributed by atoms with Crippen LogP contribution in [0.3, 0.4) is 0 Å². The summed E-state index contributed by atoms with van der Waals surface area (Å²) in [6.07, 6.45) is 3.47. The molecule has 0 fully saturated rings. The van der Waals surface area contributed by atoms with Crippen LogP contribution >= 0.6 is 0 Å². The zero-order valence-corrected chi connectivity index (χ0v) is 13.4. The maximum Gasteiger partial charge on any atom is 0.163 e. The Kier molecular flexibility index (Phi) is 4.04. The number of para-hydroxylation sites is 2. The van der Waals surface area contributed by atoms with Gasteiger partial charge < -0.3 is 14.8 Å². The van der Waals surface area contributed by atoms with Gasteiger partial charge in [-0.3, -0.25) is 0 Å². The third kappa shape index (κ3) is 3.04. The highest BCUT2D eigenvalue weighted by molar-refractivity contribution is 5.86. The lowest BCUT2D eigenvalue weighted by Crippen LogP contribution is -2.35. The maximum atomic E-state index is 8.73. The lowest BCUT2D eigenvalue weighted by atomic mass is 10.2. The first-order chi connectivity index (χ1) is 12.3. The first-order valence-corrected chi connectivity index (χ1v) is 8.01. The second kappa shape index (κ2) is 6.65. The van der Waals surface area contributed by atoms with Gasteiger partial charge in [0.25, 0.3) is 0 Å². The fraction of sp³-hybridized carbons (Fsp3) is 0.294. The number of hydrogen-bond donors (Lipinski definition) is 1. The molecule has 0 saturated carbocycles. The van der Waals surface area contributed by atoms with Crippen molar-refractivity contribution in [3.8, 4) is 17.6 Å². The Morgan fingerprint density at radius 1 is 1.28 bits per heavy atom. The van der Waals surface area contributed by atoms with Crippen molar-refractivity contribution in [3.05, 3.63) is 36.8 Å². The van der Waals surface area contributed by atoms with Crippen molar-refractivity contribution >= 4 is 16.9 Å². The maximum absolute atomic E-state index is 8.73. The Balaban J connectivity index is 1.47. The number of ether oxygens (including phenoxy) is 2. The quantitative estimate of drug-likeness (QED) is 0.761. The number of nitrogens with one attached hydrogen (secondary N) is 1. The van der Waals surface area contributed by atoms with Gasteiger partial charge in [0.15, 0.2) is 17.1 Å². The van der Waals surface area contributed by atoms with Crippen molar-refractivity contribution in [2.24, 2.45) is 0 Å². The topological polar surface area (TPSA) is 97.9 Å². The minimum Gasteiger partial charge on any atom is -0.486 e. The van der Waals surface area contributed by atoms with Crippen LogP contribution in [0.4, 0.5) is 5.82 Å². The van der Waals surface area contributed by atoms with Gasteiger partial charge in [-0.15, -0.1) is 0 Å². The van der Waals surface area contributed by atoms with E-state index in [9.17, 15) is 0 Å². The van der Waals surface area contributed by atoms with Crippen LogP contribution in [-0.4, -0.2) is 39.0 Å². The van der Waals surface area contributed by atoms with E-state index >= 15 is 0 Å². The number of hydrogen-bond acceptors (Lipinski definition) is 7. The number of anilines is 1. The Hall–Kier alpha value is -3.34. The Labute approximate surface area is 144 Å². The van der Waals surface area contributed by atoms with Crippen LogP contribution < -0.4 is 14.8 Å². The molecule has 0 saturated heterocycles. The third-order valence-corrected chi connectivity index (χ3v) is 3.93. The molecular weight excluding hydrogens is 320 g/mol. The van der Waals surface area contributed by atoms with Gasteiger partial charge in [-0.05, 0) is 12.1 Å². The molecular formula is C17H16N6O2. The van der Waals surface area contributed by atoms with Crippen molar-refractivity contribution in [3.63, 3.8) is 0 Å². The summed E-state index contributed by atoms with van der Waals surface area (Å²) < 4.78 is 13.4. The van der Waals surface area contributed by atoms with Gasteiger partial charge in [-0.1, -0.05) is 12.1 Å². The number of nitrogens with zero attached hydrogens (tertiary/aromatic N) is 5. The number of rotatable bonds is 5. The predicted molar refractivity (Wildman–Crippen MR) is 90.4 cm³/mol. The molecule has 1 aliphatic heterocycles. The highest BCUT2D eigenvalue weighted by atomic mass is 16.6. The monoisotopic (exact) mass is 336 g/mol. The number of nitriles is 1. The molecule has 4 rings (SSSR count). The second-order valence-corrected chi connectivity index (χ2v) is 5.61.